The zero-order chi connectivity index (χ0) is 17.3. The summed E-state index contributed by atoms with van der Waals surface area (Å²) in [5.74, 6) is 0.453. The number of fused-ring (bicyclic) bond motifs is 1. The molecule has 1 N–H and O–H groups in total. The molecule has 7 heteroatoms. The summed E-state index contributed by atoms with van der Waals surface area (Å²) in [6.45, 7) is 4.07. The molecular formula is C17H18N2O4S. The summed E-state index contributed by atoms with van der Waals surface area (Å²) in [6, 6.07) is 11.7. The predicted octanol–water partition coefficient (Wildman–Crippen LogP) is 2.54. The second-order valence-corrected chi connectivity index (χ2v) is 7.22. The van der Waals surface area contributed by atoms with Crippen molar-refractivity contribution in [3.8, 4) is 5.75 Å². The maximum Gasteiger partial charge on any atom is 0.262 e. The van der Waals surface area contributed by atoms with E-state index in [-0.39, 0.29) is 10.8 Å². The van der Waals surface area contributed by atoms with Crippen LogP contribution in [0, 0.1) is 6.92 Å². The summed E-state index contributed by atoms with van der Waals surface area (Å²) in [5, 5.41) is 0. The summed E-state index contributed by atoms with van der Waals surface area (Å²) < 4.78 is 33.3. The van der Waals surface area contributed by atoms with Crippen molar-refractivity contribution in [3.05, 3.63) is 48.0 Å². The molecule has 0 spiro atoms. The van der Waals surface area contributed by atoms with E-state index in [0.717, 1.165) is 0 Å². The van der Waals surface area contributed by atoms with E-state index >= 15 is 0 Å². The lowest BCUT2D eigenvalue weighted by Crippen LogP contribution is -2.36. The molecule has 1 aliphatic rings. The topological polar surface area (TPSA) is 75.7 Å². The molecule has 0 saturated carbocycles. The summed E-state index contributed by atoms with van der Waals surface area (Å²) in [5.41, 5.74) is 1.61. The van der Waals surface area contributed by atoms with E-state index in [0.29, 0.717) is 35.8 Å². The number of benzene rings is 2. The number of aryl methyl sites for hydroxylation is 1. The molecular weight excluding hydrogens is 328 g/mol. The molecule has 0 saturated heterocycles. The fourth-order valence-electron chi connectivity index (χ4n) is 2.68. The zero-order valence-corrected chi connectivity index (χ0v) is 14.3. The Balaban J connectivity index is 1.96. The Morgan fingerprint density at radius 2 is 1.96 bits per heavy atom. The molecule has 2 aromatic rings. The van der Waals surface area contributed by atoms with E-state index in [1.54, 1.807) is 54.3 Å². The van der Waals surface area contributed by atoms with Crippen molar-refractivity contribution in [2.24, 2.45) is 0 Å². The van der Waals surface area contributed by atoms with Gasteiger partial charge in [0, 0.05) is 6.92 Å². The second-order valence-electron chi connectivity index (χ2n) is 5.57. The lowest BCUT2D eigenvalue weighted by molar-refractivity contribution is -0.116. The van der Waals surface area contributed by atoms with Crippen LogP contribution >= 0.6 is 0 Å². The fraction of sp³-hybridized carbons (Fsp3) is 0.235. The minimum Gasteiger partial charge on any atom is -0.490 e. The molecule has 3 rings (SSSR count). The van der Waals surface area contributed by atoms with Gasteiger partial charge in [0.2, 0.25) is 5.91 Å². The SMILES string of the molecule is CC(=O)N1CCOc2ccc(NS(=O)(=O)c3ccccc3C)cc21. The van der Waals surface area contributed by atoms with Gasteiger partial charge in [0.25, 0.3) is 10.0 Å². The van der Waals surface area contributed by atoms with Gasteiger partial charge in [-0.3, -0.25) is 9.52 Å². The fourth-order valence-corrected chi connectivity index (χ4v) is 3.97. The van der Waals surface area contributed by atoms with Gasteiger partial charge in [0.15, 0.2) is 0 Å². The van der Waals surface area contributed by atoms with Gasteiger partial charge in [-0.1, -0.05) is 18.2 Å². The third kappa shape index (κ3) is 3.07. The molecule has 0 aliphatic carbocycles. The highest BCUT2D eigenvalue weighted by atomic mass is 32.2. The number of hydrogen-bond donors (Lipinski definition) is 1. The molecule has 0 aromatic heterocycles. The molecule has 126 valence electrons. The summed E-state index contributed by atoms with van der Waals surface area (Å²) in [7, 11) is -3.70. The zero-order valence-electron chi connectivity index (χ0n) is 13.4. The van der Waals surface area contributed by atoms with E-state index in [9.17, 15) is 13.2 Å². The summed E-state index contributed by atoms with van der Waals surface area (Å²) in [4.78, 5) is 13.6. The van der Waals surface area contributed by atoms with Gasteiger partial charge >= 0.3 is 0 Å². The number of hydrogen-bond acceptors (Lipinski definition) is 4. The highest BCUT2D eigenvalue weighted by Crippen LogP contribution is 2.35. The van der Waals surface area contributed by atoms with Crippen molar-refractivity contribution in [1.82, 2.24) is 0 Å². The number of nitrogens with one attached hydrogen (secondary N) is 1. The van der Waals surface area contributed by atoms with Crippen LogP contribution in [-0.4, -0.2) is 27.5 Å². The van der Waals surface area contributed by atoms with Crippen molar-refractivity contribution in [2.45, 2.75) is 18.7 Å². The summed E-state index contributed by atoms with van der Waals surface area (Å²) >= 11 is 0. The molecule has 0 atom stereocenters. The first-order valence-corrected chi connectivity index (χ1v) is 9.00. The van der Waals surface area contributed by atoms with Crippen molar-refractivity contribution >= 4 is 27.3 Å². The molecule has 6 nitrogen and oxygen atoms in total. The Labute approximate surface area is 141 Å². The Hall–Kier alpha value is -2.54. The lowest BCUT2D eigenvalue weighted by atomic mass is 10.2. The van der Waals surface area contributed by atoms with Crippen molar-refractivity contribution < 1.29 is 17.9 Å². The van der Waals surface area contributed by atoms with Crippen molar-refractivity contribution in [1.29, 1.82) is 0 Å². The van der Waals surface area contributed by atoms with Crippen molar-refractivity contribution in [3.63, 3.8) is 0 Å². The second kappa shape index (κ2) is 6.16. The number of carbonyl (C=O) groups excluding carboxylic acids is 1. The van der Waals surface area contributed by atoms with Gasteiger partial charge in [-0.05, 0) is 36.8 Å². The molecule has 0 fully saturated rings. The molecule has 0 bridgehead atoms. The van der Waals surface area contributed by atoms with Crippen LogP contribution in [-0.2, 0) is 14.8 Å². The van der Waals surface area contributed by atoms with Gasteiger partial charge in [-0.25, -0.2) is 8.42 Å². The average molecular weight is 346 g/mol. The molecule has 0 unspecified atom stereocenters. The number of rotatable bonds is 3. The molecule has 1 aliphatic heterocycles. The maximum atomic E-state index is 12.6. The van der Waals surface area contributed by atoms with Gasteiger partial charge in [-0.15, -0.1) is 0 Å². The van der Waals surface area contributed by atoms with Crippen LogP contribution < -0.4 is 14.4 Å². The quantitative estimate of drug-likeness (QED) is 0.927. The molecule has 0 radical (unpaired) electrons. The number of anilines is 2. The molecule has 2 aromatic carbocycles. The maximum absolute atomic E-state index is 12.6. The van der Waals surface area contributed by atoms with Crippen LogP contribution in [0.25, 0.3) is 0 Å². The van der Waals surface area contributed by atoms with Crippen LogP contribution in [0.1, 0.15) is 12.5 Å². The first kappa shape index (κ1) is 16.3. The van der Waals surface area contributed by atoms with E-state index in [1.165, 1.54) is 6.92 Å². The third-order valence-corrected chi connectivity index (χ3v) is 5.38. The van der Waals surface area contributed by atoms with Crippen LogP contribution in [0.4, 0.5) is 11.4 Å². The largest absolute Gasteiger partial charge is 0.490 e. The van der Waals surface area contributed by atoms with Crippen LogP contribution in [0.3, 0.4) is 0 Å². The molecule has 1 amide bonds. The Morgan fingerprint density at radius 1 is 1.21 bits per heavy atom. The number of amides is 1. The predicted molar refractivity (Wildman–Crippen MR) is 92.0 cm³/mol. The monoisotopic (exact) mass is 346 g/mol. The minimum absolute atomic E-state index is 0.113. The lowest BCUT2D eigenvalue weighted by Gasteiger charge is -2.29. The highest BCUT2D eigenvalue weighted by molar-refractivity contribution is 7.92. The Bertz CT molecular complexity index is 893. The first-order valence-electron chi connectivity index (χ1n) is 7.52. The Morgan fingerprint density at radius 3 is 2.67 bits per heavy atom. The smallest absolute Gasteiger partial charge is 0.262 e. The molecule has 1 heterocycles. The van der Waals surface area contributed by atoms with E-state index in [4.69, 9.17) is 4.74 Å². The molecule has 24 heavy (non-hydrogen) atoms. The van der Waals surface area contributed by atoms with Gasteiger partial charge < -0.3 is 9.64 Å². The average Bonchev–Trinajstić information content (AvgIpc) is 2.54. The number of ether oxygens (including phenoxy) is 1. The highest BCUT2D eigenvalue weighted by Gasteiger charge is 2.23. The van der Waals surface area contributed by atoms with Gasteiger partial charge in [-0.2, -0.15) is 0 Å². The van der Waals surface area contributed by atoms with Crippen LogP contribution in [0.2, 0.25) is 0 Å². The van der Waals surface area contributed by atoms with Crippen molar-refractivity contribution in [2.75, 3.05) is 22.8 Å². The number of carbonyl (C=O) groups is 1. The van der Waals surface area contributed by atoms with Gasteiger partial charge in [0.1, 0.15) is 12.4 Å². The van der Waals surface area contributed by atoms with E-state index < -0.39 is 10.0 Å². The third-order valence-electron chi connectivity index (χ3n) is 3.84. The van der Waals surface area contributed by atoms with Crippen LogP contribution in [0.15, 0.2) is 47.4 Å². The Kier molecular flexibility index (Phi) is 4.19. The summed E-state index contributed by atoms with van der Waals surface area (Å²) in [6.07, 6.45) is 0. The number of sulfonamides is 1. The van der Waals surface area contributed by atoms with Gasteiger partial charge in [0.05, 0.1) is 22.8 Å². The first-order chi connectivity index (χ1) is 11.4. The standard InChI is InChI=1S/C17H18N2O4S/c1-12-5-3-4-6-17(12)24(21,22)18-14-7-8-16-15(11-14)19(13(2)20)9-10-23-16/h3-8,11,18H,9-10H2,1-2H3. The normalized spacial score (nSPS) is 13.8. The minimum atomic E-state index is -3.70. The van der Waals surface area contributed by atoms with Crippen LogP contribution in [0.5, 0.6) is 5.75 Å². The number of nitrogens with zero attached hydrogens (tertiary/aromatic N) is 1. The van der Waals surface area contributed by atoms with E-state index in [1.807, 2.05) is 0 Å². The van der Waals surface area contributed by atoms with E-state index in [2.05, 4.69) is 4.72 Å².